The molecule has 1 aliphatic carbocycles. The molecule has 2 heteroatoms. The summed E-state index contributed by atoms with van der Waals surface area (Å²) in [6.45, 7) is 0.0766. The average molecular weight is 431 g/mol. The van der Waals surface area contributed by atoms with Crippen LogP contribution in [0.2, 0.25) is 0 Å². The number of allylic oxidation sites excluding steroid dienone is 4. The van der Waals surface area contributed by atoms with Gasteiger partial charge in [-0.2, -0.15) is 0 Å². The third-order valence-corrected chi connectivity index (χ3v) is 6.32. The lowest BCUT2D eigenvalue weighted by molar-refractivity contribution is 0.281. The van der Waals surface area contributed by atoms with E-state index in [1.165, 1.54) is 27.8 Å². The van der Waals surface area contributed by atoms with E-state index in [0.29, 0.717) is 0 Å². The van der Waals surface area contributed by atoms with Crippen molar-refractivity contribution in [2.24, 2.45) is 0 Å². The quantitative estimate of drug-likeness (QED) is 0.368. The van der Waals surface area contributed by atoms with Crippen molar-refractivity contribution in [2.45, 2.75) is 19.1 Å². The highest BCUT2D eigenvalue weighted by Crippen LogP contribution is 2.52. The van der Waals surface area contributed by atoms with Crippen LogP contribution in [0.1, 0.15) is 39.3 Å². The van der Waals surface area contributed by atoms with Crippen LogP contribution < -0.4 is 0 Å². The van der Waals surface area contributed by atoms with Gasteiger partial charge in [-0.3, -0.25) is 0 Å². The van der Waals surface area contributed by atoms with Gasteiger partial charge in [0.1, 0.15) is 0 Å². The Hall–Kier alpha value is -3.72. The van der Waals surface area contributed by atoms with Gasteiger partial charge < -0.3 is 10.2 Å². The van der Waals surface area contributed by atoms with Crippen molar-refractivity contribution in [2.75, 3.05) is 0 Å². The van der Waals surface area contributed by atoms with E-state index in [1.54, 1.807) is 0 Å². The highest BCUT2D eigenvalue weighted by Gasteiger charge is 2.31. The summed E-state index contributed by atoms with van der Waals surface area (Å²) in [5.41, 5.74) is 10.3. The molecule has 0 aliphatic heterocycles. The minimum Gasteiger partial charge on any atom is -0.392 e. The number of hydrogen-bond acceptors (Lipinski definition) is 2. The molecule has 0 unspecified atom stereocenters. The molecular weight excluding hydrogens is 404 g/mol. The van der Waals surface area contributed by atoms with E-state index in [4.69, 9.17) is 0 Å². The van der Waals surface area contributed by atoms with E-state index in [-0.39, 0.29) is 19.1 Å². The number of benzene rings is 4. The molecule has 1 atom stereocenters. The first-order valence-corrected chi connectivity index (χ1v) is 11.2. The summed E-state index contributed by atoms with van der Waals surface area (Å²) in [4.78, 5) is 0. The first-order chi connectivity index (χ1) is 16.3. The van der Waals surface area contributed by atoms with Gasteiger partial charge in [0, 0.05) is 5.92 Å². The van der Waals surface area contributed by atoms with E-state index in [1.807, 2.05) is 30.3 Å². The highest BCUT2D eigenvalue weighted by molar-refractivity contribution is 6.11. The monoisotopic (exact) mass is 430 g/mol. The molecular formula is C31H26O2. The van der Waals surface area contributed by atoms with E-state index >= 15 is 0 Å². The predicted octanol–water partition coefficient (Wildman–Crippen LogP) is 6.46. The molecule has 0 fully saturated rings. The first-order valence-electron chi connectivity index (χ1n) is 11.2. The maximum atomic E-state index is 9.51. The molecule has 0 amide bonds. The second kappa shape index (κ2) is 9.41. The average Bonchev–Trinajstić information content (AvgIpc) is 3.30. The zero-order valence-electron chi connectivity index (χ0n) is 18.4. The summed E-state index contributed by atoms with van der Waals surface area (Å²) < 4.78 is 0. The Kier molecular flexibility index (Phi) is 6.03. The lowest BCUT2D eigenvalue weighted by atomic mass is 9.81. The molecule has 0 bridgehead atoms. The standard InChI is InChI=1S/C31H26O2/c32-20-22-11-15-24(16-12-22)28-19-29(25-17-13-23(21-33)14-18-25)31(27-9-5-2-6-10-27)30(28)26-7-3-1-4-8-26/h1-19,30,32-33H,20-21H2/t30-/m1/s1. The van der Waals surface area contributed by atoms with Crippen molar-refractivity contribution in [1.29, 1.82) is 0 Å². The van der Waals surface area contributed by atoms with Crippen LogP contribution in [0.25, 0.3) is 16.7 Å². The van der Waals surface area contributed by atoms with Crippen molar-refractivity contribution < 1.29 is 10.2 Å². The van der Waals surface area contributed by atoms with Crippen LogP contribution in [0, 0.1) is 0 Å². The molecule has 0 heterocycles. The Morgan fingerprint density at radius 3 is 1.58 bits per heavy atom. The fourth-order valence-corrected chi connectivity index (χ4v) is 4.64. The highest BCUT2D eigenvalue weighted by atomic mass is 16.3. The summed E-state index contributed by atoms with van der Waals surface area (Å²) in [5, 5.41) is 19.0. The number of aliphatic hydroxyl groups is 2. The van der Waals surface area contributed by atoms with Gasteiger partial charge in [0.2, 0.25) is 0 Å². The summed E-state index contributed by atoms with van der Waals surface area (Å²) in [5.74, 6) is 0.0843. The molecule has 0 radical (unpaired) electrons. The summed E-state index contributed by atoms with van der Waals surface area (Å²) >= 11 is 0. The molecule has 2 N–H and O–H groups in total. The number of hydrogen-bond donors (Lipinski definition) is 2. The van der Waals surface area contributed by atoms with Crippen molar-refractivity contribution >= 4 is 16.7 Å². The normalized spacial score (nSPS) is 15.6. The summed E-state index contributed by atoms with van der Waals surface area (Å²) in [6.07, 6.45) is 2.31. The SMILES string of the molecule is OCc1ccc(C2=CC(c3ccc(CO)cc3)=C(c3ccccc3)[C@@H]2c2ccccc2)cc1. The maximum Gasteiger partial charge on any atom is 0.0681 e. The van der Waals surface area contributed by atoms with E-state index in [2.05, 4.69) is 84.9 Å². The molecule has 1 aliphatic rings. The minimum absolute atomic E-state index is 0.0375. The van der Waals surface area contributed by atoms with Crippen molar-refractivity contribution in [3.05, 3.63) is 149 Å². The Labute approximate surface area is 194 Å². The molecule has 0 aromatic heterocycles. The molecule has 5 rings (SSSR count). The van der Waals surface area contributed by atoms with Gasteiger partial charge in [-0.1, -0.05) is 109 Å². The summed E-state index contributed by atoms with van der Waals surface area (Å²) in [6, 6.07) is 37.6. The minimum atomic E-state index is 0.0375. The van der Waals surface area contributed by atoms with Gasteiger partial charge in [0.05, 0.1) is 13.2 Å². The van der Waals surface area contributed by atoms with Gasteiger partial charge in [-0.25, -0.2) is 0 Å². The first kappa shape index (κ1) is 21.1. The van der Waals surface area contributed by atoms with E-state index in [9.17, 15) is 10.2 Å². The third-order valence-electron chi connectivity index (χ3n) is 6.32. The van der Waals surface area contributed by atoms with Crippen molar-refractivity contribution in [1.82, 2.24) is 0 Å². The summed E-state index contributed by atoms with van der Waals surface area (Å²) in [7, 11) is 0. The van der Waals surface area contributed by atoms with Crippen molar-refractivity contribution in [3.63, 3.8) is 0 Å². The van der Waals surface area contributed by atoms with Crippen LogP contribution in [0.15, 0.2) is 115 Å². The molecule has 0 saturated heterocycles. The van der Waals surface area contributed by atoms with Gasteiger partial charge in [0.15, 0.2) is 0 Å². The number of aliphatic hydroxyl groups excluding tert-OH is 2. The number of rotatable bonds is 6. The Morgan fingerprint density at radius 2 is 1.03 bits per heavy atom. The van der Waals surface area contributed by atoms with Gasteiger partial charge in [-0.05, 0) is 56.2 Å². The second-order valence-corrected chi connectivity index (χ2v) is 8.35. The van der Waals surface area contributed by atoms with E-state index in [0.717, 1.165) is 22.3 Å². The molecule has 4 aromatic rings. The maximum absolute atomic E-state index is 9.51. The van der Waals surface area contributed by atoms with Gasteiger partial charge in [0.25, 0.3) is 0 Å². The molecule has 0 spiro atoms. The van der Waals surface area contributed by atoms with Crippen molar-refractivity contribution in [3.8, 4) is 0 Å². The van der Waals surface area contributed by atoms with Crippen LogP contribution in [0.3, 0.4) is 0 Å². The van der Waals surface area contributed by atoms with E-state index < -0.39 is 0 Å². The third kappa shape index (κ3) is 4.19. The van der Waals surface area contributed by atoms with Crippen LogP contribution >= 0.6 is 0 Å². The lowest BCUT2D eigenvalue weighted by Crippen LogP contribution is -2.03. The molecule has 0 saturated carbocycles. The van der Waals surface area contributed by atoms with Crippen LogP contribution in [0.4, 0.5) is 0 Å². The van der Waals surface area contributed by atoms with Crippen LogP contribution in [-0.2, 0) is 13.2 Å². The second-order valence-electron chi connectivity index (χ2n) is 8.35. The zero-order chi connectivity index (χ0) is 22.6. The smallest absolute Gasteiger partial charge is 0.0681 e. The fraction of sp³-hybridized carbons (Fsp3) is 0.0968. The fourth-order valence-electron chi connectivity index (χ4n) is 4.64. The van der Waals surface area contributed by atoms with Gasteiger partial charge >= 0.3 is 0 Å². The topological polar surface area (TPSA) is 40.5 Å². The zero-order valence-corrected chi connectivity index (χ0v) is 18.4. The largest absolute Gasteiger partial charge is 0.392 e. The van der Waals surface area contributed by atoms with Crippen LogP contribution in [0.5, 0.6) is 0 Å². The lowest BCUT2D eigenvalue weighted by Gasteiger charge is -2.22. The molecule has 4 aromatic carbocycles. The molecule has 162 valence electrons. The Bertz CT molecular complexity index is 1280. The Balaban J connectivity index is 1.74. The molecule has 33 heavy (non-hydrogen) atoms. The molecule has 2 nitrogen and oxygen atoms in total. The predicted molar refractivity (Wildman–Crippen MR) is 135 cm³/mol. The van der Waals surface area contributed by atoms with Gasteiger partial charge in [-0.15, -0.1) is 0 Å². The van der Waals surface area contributed by atoms with Crippen LogP contribution in [-0.4, -0.2) is 10.2 Å². The Morgan fingerprint density at radius 1 is 0.515 bits per heavy atom.